The fraction of sp³-hybridized carbons (Fsp3) is 0.636. The first kappa shape index (κ1) is 8.89. The van der Waals surface area contributed by atoms with E-state index < -0.39 is 0 Å². The van der Waals surface area contributed by atoms with Gasteiger partial charge in [0, 0.05) is 19.6 Å². The maximum Gasteiger partial charge on any atom is 0.0242 e. The van der Waals surface area contributed by atoms with Crippen LogP contribution in [0.25, 0.3) is 0 Å². The number of piperidine rings is 1. The van der Waals surface area contributed by atoms with Gasteiger partial charge in [-0.25, -0.2) is 0 Å². The van der Waals surface area contributed by atoms with Gasteiger partial charge in [-0.3, -0.25) is 4.90 Å². The second-order valence-electron chi connectivity index (χ2n) is 4.55. The number of thiophene rings is 1. The van der Waals surface area contributed by atoms with Crippen molar-refractivity contribution < 1.29 is 0 Å². The summed E-state index contributed by atoms with van der Waals surface area (Å²) in [6.45, 7) is 4.61. The van der Waals surface area contributed by atoms with Gasteiger partial charge in [-0.1, -0.05) is 0 Å². The summed E-state index contributed by atoms with van der Waals surface area (Å²) >= 11 is 1.79. The minimum Gasteiger partial charge on any atom is -0.330 e. The molecule has 3 rings (SSSR count). The molecular formula is C11H16N2S. The van der Waals surface area contributed by atoms with Crippen LogP contribution < -0.4 is 5.73 Å². The number of hydrogen-bond acceptors (Lipinski definition) is 3. The van der Waals surface area contributed by atoms with E-state index in [-0.39, 0.29) is 0 Å². The molecule has 3 heteroatoms. The van der Waals surface area contributed by atoms with Crippen LogP contribution in [0.15, 0.2) is 16.8 Å². The molecule has 2 heterocycles. The molecule has 0 amide bonds. The molecule has 76 valence electrons. The number of likely N-dealkylation sites (tertiary alicyclic amines) is 1. The van der Waals surface area contributed by atoms with E-state index in [9.17, 15) is 0 Å². The summed E-state index contributed by atoms with van der Waals surface area (Å²) in [5, 5.41) is 4.42. The van der Waals surface area contributed by atoms with Gasteiger partial charge >= 0.3 is 0 Å². The number of nitrogens with zero attached hydrogens (tertiary/aromatic N) is 1. The summed E-state index contributed by atoms with van der Waals surface area (Å²) in [7, 11) is 0. The molecule has 0 aromatic carbocycles. The van der Waals surface area contributed by atoms with Crippen molar-refractivity contribution in [1.82, 2.24) is 4.90 Å². The standard InChI is InChI=1S/C11H16N2S/c12-3-9-10-5-13(6-11(9)10)4-8-1-2-14-7-8/h1-2,7,9-11H,3-6,12H2/t9?,10-,11+. The Kier molecular flexibility index (Phi) is 2.11. The van der Waals surface area contributed by atoms with Gasteiger partial charge in [0.05, 0.1) is 0 Å². The highest BCUT2D eigenvalue weighted by Crippen LogP contribution is 2.51. The van der Waals surface area contributed by atoms with Crippen LogP contribution in [-0.2, 0) is 6.54 Å². The summed E-state index contributed by atoms with van der Waals surface area (Å²) in [4.78, 5) is 2.57. The molecule has 3 atom stereocenters. The lowest BCUT2D eigenvalue weighted by molar-refractivity contribution is 0.279. The van der Waals surface area contributed by atoms with Gasteiger partial charge in [-0.2, -0.15) is 11.3 Å². The number of hydrogen-bond donors (Lipinski definition) is 1. The highest BCUT2D eigenvalue weighted by Gasteiger charge is 2.54. The van der Waals surface area contributed by atoms with Gasteiger partial charge in [0.1, 0.15) is 0 Å². The molecule has 1 aromatic rings. The minimum absolute atomic E-state index is 0.855. The molecule has 2 nitrogen and oxygen atoms in total. The molecule has 1 aliphatic heterocycles. The molecule has 1 saturated heterocycles. The molecule has 1 aliphatic carbocycles. The van der Waals surface area contributed by atoms with E-state index in [1.54, 1.807) is 11.3 Å². The first-order valence-electron chi connectivity index (χ1n) is 5.32. The Bertz CT molecular complexity index is 297. The lowest BCUT2D eigenvalue weighted by Crippen LogP contribution is -2.25. The van der Waals surface area contributed by atoms with Crippen LogP contribution in [0.3, 0.4) is 0 Å². The molecule has 2 aliphatic rings. The lowest BCUT2D eigenvalue weighted by Gasteiger charge is -2.18. The summed E-state index contributed by atoms with van der Waals surface area (Å²) < 4.78 is 0. The monoisotopic (exact) mass is 208 g/mol. The average Bonchev–Trinajstić information content (AvgIpc) is 2.63. The second kappa shape index (κ2) is 3.33. The van der Waals surface area contributed by atoms with Crippen molar-refractivity contribution in [1.29, 1.82) is 0 Å². The van der Waals surface area contributed by atoms with E-state index in [1.165, 1.54) is 18.7 Å². The summed E-state index contributed by atoms with van der Waals surface area (Å²) in [5.41, 5.74) is 7.16. The van der Waals surface area contributed by atoms with Gasteiger partial charge in [0.15, 0.2) is 0 Å². The third-order valence-corrected chi connectivity index (χ3v) is 4.44. The number of rotatable bonds is 3. The van der Waals surface area contributed by atoms with Crippen LogP contribution in [-0.4, -0.2) is 24.5 Å². The Balaban J connectivity index is 1.55. The fourth-order valence-electron chi connectivity index (χ4n) is 2.86. The van der Waals surface area contributed by atoms with Crippen LogP contribution >= 0.6 is 11.3 Å². The van der Waals surface area contributed by atoms with Crippen molar-refractivity contribution in [2.45, 2.75) is 6.54 Å². The van der Waals surface area contributed by atoms with Crippen LogP contribution in [0, 0.1) is 17.8 Å². The Morgan fingerprint density at radius 2 is 2.21 bits per heavy atom. The van der Waals surface area contributed by atoms with E-state index in [0.29, 0.717) is 0 Å². The molecular weight excluding hydrogens is 192 g/mol. The molecule has 1 aromatic heterocycles. The molecule has 0 radical (unpaired) electrons. The van der Waals surface area contributed by atoms with Crippen LogP contribution in [0.5, 0.6) is 0 Å². The summed E-state index contributed by atoms with van der Waals surface area (Å²) in [6.07, 6.45) is 0. The zero-order valence-electron chi connectivity index (χ0n) is 8.23. The van der Waals surface area contributed by atoms with Gasteiger partial charge in [0.25, 0.3) is 0 Å². The zero-order chi connectivity index (χ0) is 9.54. The van der Waals surface area contributed by atoms with E-state index in [2.05, 4.69) is 21.7 Å². The van der Waals surface area contributed by atoms with E-state index in [1.807, 2.05) is 0 Å². The first-order chi connectivity index (χ1) is 6.88. The lowest BCUT2D eigenvalue weighted by atomic mass is 10.2. The highest BCUT2D eigenvalue weighted by atomic mass is 32.1. The quantitative estimate of drug-likeness (QED) is 0.813. The molecule has 2 fully saturated rings. The Hall–Kier alpha value is -0.380. The maximum absolute atomic E-state index is 5.69. The smallest absolute Gasteiger partial charge is 0.0242 e. The largest absolute Gasteiger partial charge is 0.330 e. The van der Waals surface area contributed by atoms with Crippen molar-refractivity contribution in [3.05, 3.63) is 22.4 Å². The van der Waals surface area contributed by atoms with Crippen LogP contribution in [0.2, 0.25) is 0 Å². The van der Waals surface area contributed by atoms with Gasteiger partial charge < -0.3 is 5.73 Å². The molecule has 1 saturated carbocycles. The van der Waals surface area contributed by atoms with Crippen molar-refractivity contribution in [3.8, 4) is 0 Å². The van der Waals surface area contributed by atoms with Crippen molar-refractivity contribution in [2.24, 2.45) is 23.5 Å². The predicted molar refractivity (Wildman–Crippen MR) is 59.1 cm³/mol. The predicted octanol–water partition coefficient (Wildman–Crippen LogP) is 1.38. The van der Waals surface area contributed by atoms with E-state index in [4.69, 9.17) is 5.73 Å². The Morgan fingerprint density at radius 1 is 1.43 bits per heavy atom. The third-order valence-electron chi connectivity index (χ3n) is 3.71. The first-order valence-corrected chi connectivity index (χ1v) is 6.26. The van der Waals surface area contributed by atoms with E-state index >= 15 is 0 Å². The molecule has 0 bridgehead atoms. The molecule has 1 unspecified atom stereocenters. The normalized spacial score (nSPS) is 35.9. The van der Waals surface area contributed by atoms with Gasteiger partial charge in [-0.05, 0) is 46.7 Å². The maximum atomic E-state index is 5.69. The SMILES string of the molecule is NCC1[C@H]2CN(Cc3ccsc3)C[C@@H]12. The number of nitrogens with two attached hydrogens (primary N) is 1. The minimum atomic E-state index is 0.855. The molecule has 14 heavy (non-hydrogen) atoms. The average molecular weight is 208 g/mol. The van der Waals surface area contributed by atoms with Crippen LogP contribution in [0.1, 0.15) is 5.56 Å². The molecule has 0 spiro atoms. The Morgan fingerprint density at radius 3 is 2.79 bits per heavy atom. The zero-order valence-corrected chi connectivity index (χ0v) is 9.04. The van der Waals surface area contributed by atoms with Gasteiger partial charge in [-0.15, -0.1) is 0 Å². The fourth-order valence-corrected chi connectivity index (χ4v) is 3.52. The summed E-state index contributed by atoms with van der Waals surface area (Å²) in [5.74, 6) is 2.71. The molecule has 2 N–H and O–H groups in total. The van der Waals surface area contributed by atoms with Crippen molar-refractivity contribution in [3.63, 3.8) is 0 Å². The third kappa shape index (κ3) is 1.40. The highest BCUT2D eigenvalue weighted by molar-refractivity contribution is 7.07. The second-order valence-corrected chi connectivity index (χ2v) is 5.33. The number of fused-ring (bicyclic) bond motifs is 1. The summed E-state index contributed by atoms with van der Waals surface area (Å²) in [6, 6.07) is 2.23. The van der Waals surface area contributed by atoms with Gasteiger partial charge in [0.2, 0.25) is 0 Å². The topological polar surface area (TPSA) is 29.3 Å². The van der Waals surface area contributed by atoms with Crippen molar-refractivity contribution >= 4 is 11.3 Å². The van der Waals surface area contributed by atoms with Crippen molar-refractivity contribution in [2.75, 3.05) is 19.6 Å². The van der Waals surface area contributed by atoms with E-state index in [0.717, 1.165) is 30.8 Å². The van der Waals surface area contributed by atoms with Crippen LogP contribution in [0.4, 0.5) is 0 Å². The Labute approximate surface area is 88.7 Å².